The zero-order valence-corrected chi connectivity index (χ0v) is 15.0. The minimum Gasteiger partial charge on any atom is -0.354 e. The zero-order chi connectivity index (χ0) is 17.5. The Labute approximate surface area is 144 Å². The first-order chi connectivity index (χ1) is 11.5. The number of nitrogens with one attached hydrogen (secondary N) is 1. The van der Waals surface area contributed by atoms with Crippen LogP contribution in [-0.4, -0.2) is 29.4 Å². The summed E-state index contributed by atoms with van der Waals surface area (Å²) in [6.07, 6.45) is 5.44. The minimum absolute atomic E-state index is 0.00903. The Balaban J connectivity index is 2.08. The molecule has 0 aliphatic heterocycles. The summed E-state index contributed by atoms with van der Waals surface area (Å²) in [6.45, 7) is 7.24. The summed E-state index contributed by atoms with van der Waals surface area (Å²) in [6, 6.07) is 10.2. The lowest BCUT2D eigenvalue weighted by Gasteiger charge is -2.17. The molecule has 1 heterocycles. The van der Waals surface area contributed by atoms with E-state index in [2.05, 4.69) is 55.3 Å². The van der Waals surface area contributed by atoms with Crippen LogP contribution in [0.1, 0.15) is 55.5 Å². The highest BCUT2D eigenvalue weighted by atomic mass is 16.2. The highest BCUT2D eigenvalue weighted by Crippen LogP contribution is 2.21. The van der Waals surface area contributed by atoms with Crippen LogP contribution < -0.4 is 5.32 Å². The van der Waals surface area contributed by atoms with E-state index in [1.54, 1.807) is 17.3 Å². The molecule has 0 aliphatic carbocycles. The zero-order valence-electron chi connectivity index (χ0n) is 15.0. The monoisotopic (exact) mass is 325 g/mol. The van der Waals surface area contributed by atoms with Gasteiger partial charge < -0.3 is 10.2 Å². The lowest BCUT2D eigenvalue weighted by atomic mass is 10.0. The van der Waals surface area contributed by atoms with Crippen LogP contribution in [0.3, 0.4) is 0 Å². The van der Waals surface area contributed by atoms with E-state index in [1.807, 2.05) is 13.1 Å². The van der Waals surface area contributed by atoms with Crippen LogP contribution in [-0.2, 0) is 0 Å². The molecule has 2 aromatic rings. The van der Waals surface area contributed by atoms with Crippen molar-refractivity contribution in [3.05, 3.63) is 53.9 Å². The smallest absolute Gasteiger partial charge is 0.255 e. The van der Waals surface area contributed by atoms with Crippen molar-refractivity contribution in [2.75, 3.05) is 18.9 Å². The largest absolute Gasteiger partial charge is 0.354 e. The summed E-state index contributed by atoms with van der Waals surface area (Å²) >= 11 is 0. The molecular formula is C20H27N3O. The number of hydrogen-bond acceptors (Lipinski definition) is 3. The van der Waals surface area contributed by atoms with Gasteiger partial charge in [-0.15, -0.1) is 0 Å². The fraction of sp³-hybridized carbons (Fsp3) is 0.400. The molecule has 0 aliphatic rings. The first-order valence-corrected chi connectivity index (χ1v) is 8.58. The molecule has 0 saturated heterocycles. The summed E-state index contributed by atoms with van der Waals surface area (Å²) in [4.78, 5) is 18.4. The van der Waals surface area contributed by atoms with Crippen LogP contribution >= 0.6 is 0 Å². The van der Waals surface area contributed by atoms with E-state index in [0.717, 1.165) is 30.8 Å². The Morgan fingerprint density at radius 3 is 2.50 bits per heavy atom. The number of aromatic nitrogens is 1. The van der Waals surface area contributed by atoms with Crippen molar-refractivity contribution in [3.8, 4) is 0 Å². The van der Waals surface area contributed by atoms with Crippen LogP contribution in [0.4, 0.5) is 11.4 Å². The SMILES string of the molecule is CCCCN(C)C(=O)c1cncc(Nc2ccc(C(C)C)cc2)c1. The first kappa shape index (κ1) is 18.0. The van der Waals surface area contributed by atoms with Crippen LogP contribution in [0.25, 0.3) is 0 Å². The molecule has 0 radical (unpaired) electrons. The fourth-order valence-electron chi connectivity index (χ4n) is 2.46. The van der Waals surface area contributed by atoms with Crippen molar-refractivity contribution in [2.24, 2.45) is 0 Å². The predicted octanol–water partition coefficient (Wildman–Crippen LogP) is 4.82. The second kappa shape index (κ2) is 8.48. The summed E-state index contributed by atoms with van der Waals surface area (Å²) in [5.41, 5.74) is 3.73. The molecule has 4 nitrogen and oxygen atoms in total. The van der Waals surface area contributed by atoms with Gasteiger partial charge in [-0.05, 0) is 36.1 Å². The van der Waals surface area contributed by atoms with Gasteiger partial charge >= 0.3 is 0 Å². The van der Waals surface area contributed by atoms with Gasteiger partial charge in [0, 0.05) is 25.5 Å². The van der Waals surface area contributed by atoms with E-state index in [0.29, 0.717) is 11.5 Å². The standard InChI is InChI=1S/C20H27N3O/c1-5-6-11-23(4)20(24)17-12-19(14-21-13-17)22-18-9-7-16(8-10-18)15(2)3/h7-10,12-15,22H,5-6,11H2,1-4H3. The summed E-state index contributed by atoms with van der Waals surface area (Å²) < 4.78 is 0. The molecule has 0 fully saturated rings. The number of anilines is 2. The molecule has 1 aromatic carbocycles. The molecule has 1 N–H and O–H groups in total. The van der Waals surface area contributed by atoms with Gasteiger partial charge in [0.2, 0.25) is 0 Å². The van der Waals surface area contributed by atoms with Crippen LogP contribution in [0.2, 0.25) is 0 Å². The first-order valence-electron chi connectivity index (χ1n) is 8.58. The topological polar surface area (TPSA) is 45.2 Å². The van der Waals surface area contributed by atoms with E-state index in [4.69, 9.17) is 0 Å². The molecule has 0 spiro atoms. The molecule has 128 valence electrons. The van der Waals surface area contributed by atoms with Gasteiger partial charge in [-0.1, -0.05) is 39.3 Å². The lowest BCUT2D eigenvalue weighted by Crippen LogP contribution is -2.27. The average molecular weight is 325 g/mol. The third-order valence-corrected chi connectivity index (χ3v) is 4.04. The van der Waals surface area contributed by atoms with Gasteiger partial charge in [0.1, 0.15) is 0 Å². The van der Waals surface area contributed by atoms with Crippen molar-refractivity contribution >= 4 is 17.3 Å². The van der Waals surface area contributed by atoms with Gasteiger partial charge in [0.25, 0.3) is 5.91 Å². The van der Waals surface area contributed by atoms with Crippen molar-refractivity contribution in [1.29, 1.82) is 0 Å². The summed E-state index contributed by atoms with van der Waals surface area (Å²) in [5.74, 6) is 0.523. The number of benzene rings is 1. The van der Waals surface area contributed by atoms with Crippen molar-refractivity contribution in [2.45, 2.75) is 39.5 Å². The molecule has 4 heteroatoms. The number of unbranched alkanes of at least 4 members (excludes halogenated alkanes) is 1. The molecule has 1 aromatic heterocycles. The number of carbonyl (C=O) groups excluding carboxylic acids is 1. The summed E-state index contributed by atoms with van der Waals surface area (Å²) in [5, 5.41) is 3.31. The number of hydrogen-bond donors (Lipinski definition) is 1. The Morgan fingerprint density at radius 2 is 1.88 bits per heavy atom. The molecule has 0 unspecified atom stereocenters. The van der Waals surface area contributed by atoms with Crippen LogP contribution in [0, 0.1) is 0 Å². The van der Waals surface area contributed by atoms with Crippen LogP contribution in [0.15, 0.2) is 42.7 Å². The van der Waals surface area contributed by atoms with Crippen LogP contribution in [0.5, 0.6) is 0 Å². The average Bonchev–Trinajstić information content (AvgIpc) is 2.59. The van der Waals surface area contributed by atoms with Gasteiger partial charge in [-0.25, -0.2) is 0 Å². The highest BCUT2D eigenvalue weighted by molar-refractivity contribution is 5.94. The van der Waals surface area contributed by atoms with Gasteiger partial charge in [0.05, 0.1) is 17.4 Å². The Kier molecular flexibility index (Phi) is 6.36. The number of carbonyl (C=O) groups is 1. The minimum atomic E-state index is 0.00903. The second-order valence-corrected chi connectivity index (χ2v) is 6.44. The second-order valence-electron chi connectivity index (χ2n) is 6.44. The highest BCUT2D eigenvalue weighted by Gasteiger charge is 2.12. The maximum absolute atomic E-state index is 12.4. The number of pyridine rings is 1. The number of amides is 1. The normalized spacial score (nSPS) is 10.7. The molecule has 2 rings (SSSR count). The maximum Gasteiger partial charge on any atom is 0.255 e. The maximum atomic E-state index is 12.4. The van der Waals surface area contributed by atoms with Gasteiger partial charge in [-0.3, -0.25) is 9.78 Å². The van der Waals surface area contributed by atoms with E-state index >= 15 is 0 Å². The van der Waals surface area contributed by atoms with E-state index in [-0.39, 0.29) is 5.91 Å². The Hall–Kier alpha value is -2.36. The molecular weight excluding hydrogens is 298 g/mol. The summed E-state index contributed by atoms with van der Waals surface area (Å²) in [7, 11) is 1.84. The predicted molar refractivity (Wildman–Crippen MR) is 99.9 cm³/mol. The molecule has 0 saturated carbocycles. The lowest BCUT2D eigenvalue weighted by molar-refractivity contribution is 0.0793. The van der Waals surface area contributed by atoms with Gasteiger partial charge in [-0.2, -0.15) is 0 Å². The van der Waals surface area contributed by atoms with Gasteiger partial charge in [0.15, 0.2) is 0 Å². The number of rotatable bonds is 7. The van der Waals surface area contributed by atoms with E-state index in [1.165, 1.54) is 5.56 Å². The number of nitrogens with zero attached hydrogens (tertiary/aromatic N) is 2. The van der Waals surface area contributed by atoms with E-state index in [9.17, 15) is 4.79 Å². The molecule has 0 bridgehead atoms. The molecule has 0 atom stereocenters. The Bertz CT molecular complexity index is 665. The fourth-order valence-corrected chi connectivity index (χ4v) is 2.46. The third kappa shape index (κ3) is 4.82. The van der Waals surface area contributed by atoms with Crippen molar-refractivity contribution < 1.29 is 4.79 Å². The van der Waals surface area contributed by atoms with Crippen molar-refractivity contribution in [3.63, 3.8) is 0 Å². The molecule has 1 amide bonds. The van der Waals surface area contributed by atoms with E-state index < -0.39 is 0 Å². The third-order valence-electron chi connectivity index (χ3n) is 4.04. The Morgan fingerprint density at radius 1 is 1.17 bits per heavy atom. The van der Waals surface area contributed by atoms with Crippen molar-refractivity contribution in [1.82, 2.24) is 9.88 Å². The molecule has 24 heavy (non-hydrogen) atoms. The quantitative estimate of drug-likeness (QED) is 0.793.